The van der Waals surface area contributed by atoms with Gasteiger partial charge in [-0.25, -0.2) is 5.84 Å². The molecule has 0 saturated heterocycles. The lowest BCUT2D eigenvalue weighted by Crippen LogP contribution is -2.44. The van der Waals surface area contributed by atoms with E-state index in [9.17, 15) is 4.21 Å². The third-order valence-corrected chi connectivity index (χ3v) is 3.30. The summed E-state index contributed by atoms with van der Waals surface area (Å²) >= 11 is 0. The van der Waals surface area contributed by atoms with Crippen LogP contribution in [0.2, 0.25) is 0 Å². The fraction of sp³-hybridized carbons (Fsp3) is 0.889. The molecular formula is C9H22N4OS. The lowest BCUT2D eigenvalue weighted by atomic mass is 10.3. The largest absolute Gasteiger partial charge is 0.353 e. The summed E-state index contributed by atoms with van der Waals surface area (Å²) in [6.45, 7) is 6.60. The molecule has 0 spiro atoms. The maximum absolute atomic E-state index is 11.1. The molecule has 0 amide bonds. The molecule has 4 N–H and O–H groups in total. The molecule has 0 rings (SSSR count). The molecule has 0 aliphatic rings. The van der Waals surface area contributed by atoms with Crippen LogP contribution < -0.4 is 16.6 Å². The molecule has 0 heterocycles. The Kier molecular flexibility index (Phi) is 7.33. The number of aliphatic imine (C=N–C) groups is 1. The van der Waals surface area contributed by atoms with Gasteiger partial charge in [0.25, 0.3) is 0 Å². The molecule has 0 aliphatic carbocycles. The van der Waals surface area contributed by atoms with Gasteiger partial charge in [-0.05, 0) is 20.3 Å². The molecule has 0 saturated carbocycles. The molecule has 2 unspecified atom stereocenters. The lowest BCUT2D eigenvalue weighted by Gasteiger charge is -2.12. The van der Waals surface area contributed by atoms with Crippen molar-refractivity contribution in [2.75, 3.05) is 12.8 Å². The first-order chi connectivity index (χ1) is 6.97. The van der Waals surface area contributed by atoms with Crippen molar-refractivity contribution in [3.63, 3.8) is 0 Å². The van der Waals surface area contributed by atoms with Gasteiger partial charge < -0.3 is 5.32 Å². The van der Waals surface area contributed by atoms with Gasteiger partial charge in [0.05, 0.1) is 0 Å². The molecule has 0 aromatic rings. The third kappa shape index (κ3) is 7.33. The minimum Gasteiger partial charge on any atom is -0.353 e. The van der Waals surface area contributed by atoms with Gasteiger partial charge in [0.1, 0.15) is 0 Å². The quantitative estimate of drug-likeness (QED) is 0.270. The van der Waals surface area contributed by atoms with E-state index in [4.69, 9.17) is 5.84 Å². The molecule has 2 atom stereocenters. The molecular weight excluding hydrogens is 212 g/mol. The molecule has 6 heteroatoms. The van der Waals surface area contributed by atoms with E-state index >= 15 is 0 Å². The highest BCUT2D eigenvalue weighted by atomic mass is 32.2. The Morgan fingerprint density at radius 2 is 2.07 bits per heavy atom. The SMILES string of the molecule is CC(C)NC(=NCCC(C)S(C)=O)NN. The highest BCUT2D eigenvalue weighted by Gasteiger charge is 2.05. The maximum Gasteiger partial charge on any atom is 0.205 e. The van der Waals surface area contributed by atoms with Crippen molar-refractivity contribution in [3.8, 4) is 0 Å². The van der Waals surface area contributed by atoms with Crippen molar-refractivity contribution in [2.45, 2.75) is 38.5 Å². The number of hydrogen-bond donors (Lipinski definition) is 3. The van der Waals surface area contributed by atoms with Gasteiger partial charge in [0, 0.05) is 34.9 Å². The Balaban J connectivity index is 3.95. The molecule has 15 heavy (non-hydrogen) atoms. The average Bonchev–Trinajstić information content (AvgIpc) is 2.15. The van der Waals surface area contributed by atoms with Gasteiger partial charge in [0.2, 0.25) is 5.96 Å². The van der Waals surface area contributed by atoms with Gasteiger partial charge >= 0.3 is 0 Å². The molecule has 0 aromatic carbocycles. The van der Waals surface area contributed by atoms with Crippen molar-refractivity contribution in [1.29, 1.82) is 0 Å². The second kappa shape index (κ2) is 7.64. The lowest BCUT2D eigenvalue weighted by molar-refractivity contribution is 0.667. The Bertz CT molecular complexity index is 230. The van der Waals surface area contributed by atoms with Crippen LogP contribution in [0.15, 0.2) is 4.99 Å². The molecule has 0 aliphatic heterocycles. The van der Waals surface area contributed by atoms with Crippen LogP contribution in [0.5, 0.6) is 0 Å². The van der Waals surface area contributed by atoms with Crippen molar-refractivity contribution in [3.05, 3.63) is 0 Å². The number of nitrogens with one attached hydrogen (secondary N) is 2. The van der Waals surface area contributed by atoms with Crippen LogP contribution in [0.1, 0.15) is 27.2 Å². The van der Waals surface area contributed by atoms with E-state index in [1.54, 1.807) is 6.26 Å². The predicted molar refractivity (Wildman–Crippen MR) is 66.0 cm³/mol. The number of rotatable bonds is 5. The van der Waals surface area contributed by atoms with Gasteiger partial charge in [0.15, 0.2) is 0 Å². The van der Waals surface area contributed by atoms with Gasteiger partial charge in [-0.15, -0.1) is 0 Å². The van der Waals surface area contributed by atoms with Gasteiger partial charge in [-0.3, -0.25) is 14.6 Å². The Hall–Kier alpha value is -0.620. The van der Waals surface area contributed by atoms with E-state index in [1.807, 2.05) is 20.8 Å². The zero-order chi connectivity index (χ0) is 11.8. The van der Waals surface area contributed by atoms with Crippen LogP contribution in [0.4, 0.5) is 0 Å². The summed E-state index contributed by atoms with van der Waals surface area (Å²) in [5.74, 6) is 5.88. The second-order valence-electron chi connectivity index (χ2n) is 3.77. The van der Waals surface area contributed by atoms with E-state index in [0.29, 0.717) is 12.5 Å². The standard InChI is InChI=1S/C9H22N4OS/c1-7(2)12-9(13-10)11-6-5-8(3)15(4)14/h7-8H,5-6,10H2,1-4H3,(H2,11,12,13). The summed E-state index contributed by atoms with van der Waals surface area (Å²) in [6.07, 6.45) is 2.51. The third-order valence-electron chi connectivity index (χ3n) is 1.93. The minimum absolute atomic E-state index is 0.173. The first-order valence-corrected chi connectivity index (χ1v) is 6.69. The Morgan fingerprint density at radius 1 is 1.47 bits per heavy atom. The summed E-state index contributed by atoms with van der Waals surface area (Å²) in [7, 11) is -0.779. The molecule has 0 fully saturated rings. The average molecular weight is 234 g/mol. The van der Waals surface area contributed by atoms with E-state index in [2.05, 4.69) is 15.7 Å². The molecule has 0 bridgehead atoms. The maximum atomic E-state index is 11.1. The molecule has 90 valence electrons. The van der Waals surface area contributed by atoms with Crippen LogP contribution in [0.25, 0.3) is 0 Å². The number of guanidine groups is 1. The fourth-order valence-corrected chi connectivity index (χ4v) is 1.37. The minimum atomic E-state index is -0.779. The monoisotopic (exact) mass is 234 g/mol. The summed E-state index contributed by atoms with van der Waals surface area (Å²) in [5, 5.41) is 3.24. The highest BCUT2D eigenvalue weighted by molar-refractivity contribution is 7.84. The summed E-state index contributed by atoms with van der Waals surface area (Å²) in [5.41, 5.74) is 2.50. The molecule has 0 aromatic heterocycles. The normalized spacial score (nSPS) is 16.3. The summed E-state index contributed by atoms with van der Waals surface area (Å²) in [6, 6.07) is 0.289. The fourth-order valence-electron chi connectivity index (χ4n) is 0.931. The smallest absolute Gasteiger partial charge is 0.205 e. The van der Waals surface area contributed by atoms with Crippen molar-refractivity contribution >= 4 is 16.8 Å². The zero-order valence-corrected chi connectivity index (χ0v) is 10.7. The zero-order valence-electron chi connectivity index (χ0n) is 9.91. The Labute approximate surface area is 94.3 Å². The van der Waals surface area contributed by atoms with E-state index in [0.717, 1.165) is 6.42 Å². The number of nitrogens with two attached hydrogens (primary N) is 1. The summed E-state index contributed by atoms with van der Waals surface area (Å²) in [4.78, 5) is 4.24. The Morgan fingerprint density at radius 3 is 2.47 bits per heavy atom. The van der Waals surface area contributed by atoms with Crippen molar-refractivity contribution in [2.24, 2.45) is 10.8 Å². The van der Waals surface area contributed by atoms with Crippen LogP contribution >= 0.6 is 0 Å². The summed E-state index contributed by atoms with van der Waals surface area (Å²) < 4.78 is 11.1. The van der Waals surface area contributed by atoms with Crippen LogP contribution in [-0.2, 0) is 10.8 Å². The topological polar surface area (TPSA) is 79.5 Å². The van der Waals surface area contributed by atoms with Crippen LogP contribution in [0, 0.1) is 0 Å². The van der Waals surface area contributed by atoms with E-state index < -0.39 is 10.8 Å². The highest BCUT2D eigenvalue weighted by Crippen LogP contribution is 1.98. The van der Waals surface area contributed by atoms with Crippen molar-refractivity contribution < 1.29 is 4.21 Å². The predicted octanol–water partition coefficient (Wildman–Crippen LogP) is -0.0392. The van der Waals surface area contributed by atoms with Crippen LogP contribution in [0.3, 0.4) is 0 Å². The molecule has 5 nitrogen and oxygen atoms in total. The van der Waals surface area contributed by atoms with Gasteiger partial charge in [-0.1, -0.05) is 6.92 Å². The van der Waals surface area contributed by atoms with E-state index in [-0.39, 0.29) is 11.3 Å². The number of hydrazine groups is 1. The number of nitrogens with zero attached hydrogens (tertiary/aromatic N) is 1. The number of hydrogen-bond acceptors (Lipinski definition) is 3. The van der Waals surface area contributed by atoms with Gasteiger partial charge in [-0.2, -0.15) is 0 Å². The second-order valence-corrected chi connectivity index (χ2v) is 5.57. The first kappa shape index (κ1) is 14.4. The first-order valence-electron chi connectivity index (χ1n) is 5.07. The van der Waals surface area contributed by atoms with E-state index in [1.165, 1.54) is 0 Å². The molecule has 0 radical (unpaired) electrons. The van der Waals surface area contributed by atoms with Crippen molar-refractivity contribution in [1.82, 2.24) is 10.7 Å². The van der Waals surface area contributed by atoms with Crippen LogP contribution in [-0.4, -0.2) is 34.3 Å².